The van der Waals surface area contributed by atoms with Gasteiger partial charge in [0.1, 0.15) is 5.69 Å². The maximum Gasteiger partial charge on any atom is 0.272 e. The van der Waals surface area contributed by atoms with Gasteiger partial charge in [0.2, 0.25) is 0 Å². The monoisotopic (exact) mass is 370 g/mol. The third-order valence-corrected chi connectivity index (χ3v) is 5.25. The highest BCUT2D eigenvalue weighted by atomic mass is 16.5. The summed E-state index contributed by atoms with van der Waals surface area (Å²) >= 11 is 0. The second-order valence-electron chi connectivity index (χ2n) is 6.98. The molecule has 0 unspecified atom stereocenters. The Balaban J connectivity index is 1.69. The number of rotatable bonds is 6. The van der Waals surface area contributed by atoms with Gasteiger partial charge in [0.25, 0.3) is 11.8 Å². The number of nitrogens with zero attached hydrogens (tertiary/aromatic N) is 3. The molecule has 27 heavy (non-hydrogen) atoms. The van der Waals surface area contributed by atoms with Crippen molar-refractivity contribution in [2.75, 3.05) is 26.8 Å². The number of hydrogen-bond acceptors (Lipinski definition) is 4. The van der Waals surface area contributed by atoms with Gasteiger partial charge in [-0.2, -0.15) is 5.10 Å². The van der Waals surface area contributed by atoms with Crippen LogP contribution in [0.3, 0.4) is 0 Å². The first-order valence-corrected chi connectivity index (χ1v) is 9.18. The number of aromatic nitrogens is 2. The fourth-order valence-corrected chi connectivity index (χ4v) is 3.52. The average molecular weight is 370 g/mol. The molecule has 0 saturated carbocycles. The molecule has 1 aliphatic heterocycles. The minimum Gasteiger partial charge on any atom is -0.385 e. The van der Waals surface area contributed by atoms with Crippen LogP contribution >= 0.6 is 0 Å². The Bertz CT molecular complexity index is 780. The summed E-state index contributed by atoms with van der Waals surface area (Å²) in [6.07, 6.45) is 3.73. The maximum atomic E-state index is 12.7. The summed E-state index contributed by atoms with van der Waals surface area (Å²) in [6.45, 7) is 1.73. The van der Waals surface area contributed by atoms with Crippen molar-refractivity contribution in [3.8, 4) is 0 Å². The van der Waals surface area contributed by atoms with Crippen LogP contribution in [0.4, 0.5) is 0 Å². The van der Waals surface area contributed by atoms with Crippen LogP contribution in [0.2, 0.25) is 0 Å². The Morgan fingerprint density at radius 3 is 2.48 bits per heavy atom. The minimum atomic E-state index is -0.369. The Kier molecular flexibility index (Phi) is 5.91. The van der Waals surface area contributed by atoms with Crippen LogP contribution in [-0.4, -0.2) is 58.8 Å². The quantitative estimate of drug-likeness (QED) is 0.842. The number of benzene rings is 1. The number of hydrogen-bond donors (Lipinski definition) is 1. The van der Waals surface area contributed by atoms with Gasteiger partial charge in [-0.15, -0.1) is 0 Å². The molecule has 2 amide bonds. The largest absolute Gasteiger partial charge is 0.385 e. The third-order valence-electron chi connectivity index (χ3n) is 5.25. The highest BCUT2D eigenvalue weighted by Gasteiger charge is 2.37. The second kappa shape index (κ2) is 8.35. The van der Waals surface area contributed by atoms with Crippen molar-refractivity contribution >= 4 is 11.8 Å². The normalized spacial score (nSPS) is 16.1. The molecular weight excluding hydrogens is 344 g/mol. The van der Waals surface area contributed by atoms with Crippen LogP contribution < -0.4 is 5.32 Å². The summed E-state index contributed by atoms with van der Waals surface area (Å²) in [7, 11) is 3.42. The molecule has 0 atom stereocenters. The summed E-state index contributed by atoms with van der Waals surface area (Å²) < 4.78 is 6.85. The third kappa shape index (κ3) is 4.36. The molecule has 1 N–H and O–H groups in total. The Morgan fingerprint density at radius 2 is 1.89 bits per heavy atom. The maximum absolute atomic E-state index is 12.7. The van der Waals surface area contributed by atoms with Gasteiger partial charge in [-0.05, 0) is 37.5 Å². The Morgan fingerprint density at radius 1 is 1.19 bits per heavy atom. The lowest BCUT2D eigenvalue weighted by Gasteiger charge is -2.42. The van der Waals surface area contributed by atoms with Crippen molar-refractivity contribution in [2.45, 2.75) is 24.8 Å². The molecule has 0 radical (unpaired) electrons. The van der Waals surface area contributed by atoms with E-state index in [2.05, 4.69) is 10.4 Å². The van der Waals surface area contributed by atoms with Gasteiger partial charge in [-0.1, -0.05) is 18.2 Å². The molecule has 1 fully saturated rings. The van der Waals surface area contributed by atoms with Gasteiger partial charge in [-0.25, -0.2) is 0 Å². The molecule has 0 spiro atoms. The van der Waals surface area contributed by atoms with Crippen molar-refractivity contribution in [3.05, 3.63) is 53.9 Å². The summed E-state index contributed by atoms with van der Waals surface area (Å²) in [5.74, 6) is -0.108. The van der Waals surface area contributed by atoms with E-state index in [1.807, 2.05) is 23.1 Å². The summed E-state index contributed by atoms with van der Waals surface area (Å²) in [6, 6.07) is 10.9. The zero-order valence-electron chi connectivity index (χ0n) is 15.9. The van der Waals surface area contributed by atoms with Crippen LogP contribution in [0.15, 0.2) is 42.6 Å². The number of nitrogens with one attached hydrogen (secondary N) is 1. The van der Waals surface area contributed by atoms with E-state index in [0.29, 0.717) is 43.8 Å². The molecule has 144 valence electrons. The molecular formula is C20H26N4O3. The van der Waals surface area contributed by atoms with Crippen molar-refractivity contribution in [1.82, 2.24) is 20.0 Å². The zero-order chi connectivity index (χ0) is 19.3. The molecule has 7 heteroatoms. The Hall–Kier alpha value is -2.67. The van der Waals surface area contributed by atoms with E-state index in [0.717, 1.165) is 6.42 Å². The predicted octanol–water partition coefficient (Wildman–Crippen LogP) is 1.86. The molecule has 2 aromatic rings. The summed E-state index contributed by atoms with van der Waals surface area (Å²) in [5, 5.41) is 7.28. The lowest BCUT2D eigenvalue weighted by Crippen LogP contribution is -2.56. The first-order valence-electron chi connectivity index (χ1n) is 9.18. The number of methoxy groups -OCH3 is 1. The number of piperidine rings is 1. The second-order valence-corrected chi connectivity index (χ2v) is 6.98. The van der Waals surface area contributed by atoms with Gasteiger partial charge in [0.15, 0.2) is 0 Å². The number of ether oxygens (including phenoxy) is 1. The lowest BCUT2D eigenvalue weighted by atomic mass is 9.84. The predicted molar refractivity (Wildman–Crippen MR) is 101 cm³/mol. The molecule has 0 aliphatic carbocycles. The molecule has 0 bridgehead atoms. The first-order chi connectivity index (χ1) is 13.0. The zero-order valence-corrected chi connectivity index (χ0v) is 15.9. The number of likely N-dealkylation sites (tertiary alicyclic amines) is 1. The van der Waals surface area contributed by atoms with Crippen LogP contribution in [-0.2, 0) is 11.8 Å². The van der Waals surface area contributed by atoms with Crippen molar-refractivity contribution in [1.29, 1.82) is 0 Å². The van der Waals surface area contributed by atoms with E-state index in [9.17, 15) is 9.59 Å². The first kappa shape index (κ1) is 19.1. The number of aryl methyl sites for hydroxylation is 1. The molecule has 3 rings (SSSR count). The van der Waals surface area contributed by atoms with E-state index < -0.39 is 0 Å². The molecule has 2 heterocycles. The van der Waals surface area contributed by atoms with Crippen molar-refractivity contribution in [2.24, 2.45) is 7.05 Å². The lowest BCUT2D eigenvalue weighted by molar-refractivity contribution is 0.0551. The molecule has 1 aromatic heterocycles. The Labute approximate surface area is 159 Å². The summed E-state index contributed by atoms with van der Waals surface area (Å²) in [5.41, 5.74) is 0.849. The molecule has 1 aliphatic rings. The van der Waals surface area contributed by atoms with Crippen LogP contribution in [0.5, 0.6) is 0 Å². The summed E-state index contributed by atoms with van der Waals surface area (Å²) in [4.78, 5) is 27.2. The number of amides is 2. The van der Waals surface area contributed by atoms with Crippen molar-refractivity contribution in [3.63, 3.8) is 0 Å². The highest BCUT2D eigenvalue weighted by Crippen LogP contribution is 2.27. The van der Waals surface area contributed by atoms with Gasteiger partial charge < -0.3 is 15.0 Å². The van der Waals surface area contributed by atoms with E-state index in [1.165, 1.54) is 0 Å². The molecule has 1 aromatic carbocycles. The van der Waals surface area contributed by atoms with E-state index in [1.54, 1.807) is 43.2 Å². The number of carbonyl (C=O) groups is 2. The van der Waals surface area contributed by atoms with Gasteiger partial charge in [-0.3, -0.25) is 14.3 Å². The number of carbonyl (C=O) groups excluding carboxylic acids is 2. The fraction of sp³-hybridized carbons (Fsp3) is 0.450. The van der Waals surface area contributed by atoms with Gasteiger partial charge >= 0.3 is 0 Å². The minimum absolute atomic E-state index is 0.0234. The van der Waals surface area contributed by atoms with Gasteiger partial charge in [0, 0.05) is 51.2 Å². The van der Waals surface area contributed by atoms with Gasteiger partial charge in [0.05, 0.1) is 0 Å². The fourth-order valence-electron chi connectivity index (χ4n) is 3.52. The van der Waals surface area contributed by atoms with Crippen LogP contribution in [0.1, 0.15) is 40.1 Å². The standard InChI is InChI=1S/C20H26N4O3/c1-23-17(8-12-21-23)19(26)24-13-9-20(10-14-24,11-15-27-2)22-18(25)16-6-4-3-5-7-16/h3-8,12H,9-11,13-15H2,1-2H3,(H,22,25). The van der Waals surface area contributed by atoms with E-state index >= 15 is 0 Å². The van der Waals surface area contributed by atoms with E-state index in [-0.39, 0.29) is 17.4 Å². The SMILES string of the molecule is COCCC1(NC(=O)c2ccccc2)CCN(C(=O)c2ccnn2C)CC1. The topological polar surface area (TPSA) is 76.5 Å². The van der Waals surface area contributed by atoms with Crippen LogP contribution in [0, 0.1) is 0 Å². The van der Waals surface area contributed by atoms with Crippen LogP contribution in [0.25, 0.3) is 0 Å². The smallest absolute Gasteiger partial charge is 0.272 e. The molecule has 7 nitrogen and oxygen atoms in total. The molecule has 1 saturated heterocycles. The highest BCUT2D eigenvalue weighted by molar-refractivity contribution is 5.95. The van der Waals surface area contributed by atoms with Crippen molar-refractivity contribution < 1.29 is 14.3 Å². The average Bonchev–Trinajstić information content (AvgIpc) is 3.13. The van der Waals surface area contributed by atoms with E-state index in [4.69, 9.17) is 4.74 Å².